The van der Waals surface area contributed by atoms with Crippen molar-refractivity contribution in [2.45, 2.75) is 71.5 Å². The first-order chi connectivity index (χ1) is 11.0. The summed E-state index contributed by atoms with van der Waals surface area (Å²) in [6.07, 6.45) is 1.21. The minimum Gasteiger partial charge on any atom is -0.417 e. The lowest BCUT2D eigenvalue weighted by Crippen LogP contribution is -2.41. The second-order valence-corrected chi connectivity index (χ2v) is 13.0. The quantitative estimate of drug-likeness (QED) is 0.391. The van der Waals surface area contributed by atoms with E-state index in [1.54, 1.807) is 0 Å². The molecule has 24 heavy (non-hydrogen) atoms. The number of anilines is 1. The van der Waals surface area contributed by atoms with Gasteiger partial charge < -0.3 is 4.43 Å². The van der Waals surface area contributed by atoms with Gasteiger partial charge >= 0.3 is 0 Å². The zero-order valence-corrected chi connectivity index (χ0v) is 17.3. The number of benzene rings is 1. The van der Waals surface area contributed by atoms with Crippen LogP contribution >= 0.6 is 0 Å². The minimum atomic E-state index is -1.71. The highest BCUT2D eigenvalue weighted by atomic mass is 28.4. The normalized spacial score (nSPS) is 12.3. The topological polar surface area (TPSA) is 50.4 Å². The zero-order valence-electron chi connectivity index (χ0n) is 16.3. The predicted molar refractivity (Wildman–Crippen MR) is 105 cm³/mol. The Kier molecular flexibility index (Phi) is 7.48. The number of rotatable bonds is 8. The van der Waals surface area contributed by atoms with Crippen LogP contribution in [0.25, 0.3) is 0 Å². The Morgan fingerprint density at radius 3 is 2.25 bits per heavy atom. The van der Waals surface area contributed by atoms with E-state index < -0.39 is 8.32 Å². The van der Waals surface area contributed by atoms with Crippen LogP contribution in [0.15, 0.2) is 24.3 Å². The third kappa shape index (κ3) is 6.65. The summed E-state index contributed by atoms with van der Waals surface area (Å²) < 4.78 is 6.08. The van der Waals surface area contributed by atoms with Gasteiger partial charge in [-0.25, -0.2) is 0 Å². The summed E-state index contributed by atoms with van der Waals surface area (Å²) in [7, 11) is -1.71. The smallest absolute Gasteiger partial charge is 0.238 e. The van der Waals surface area contributed by atoms with Gasteiger partial charge in [-0.2, -0.15) is 0 Å². The molecule has 5 heteroatoms. The van der Waals surface area contributed by atoms with Gasteiger partial charge in [0.2, 0.25) is 5.91 Å². The van der Waals surface area contributed by atoms with E-state index in [9.17, 15) is 4.79 Å². The summed E-state index contributed by atoms with van der Waals surface area (Å²) in [5.41, 5.74) is 7.88. The number of amides is 1. The number of carbonyl (C=O) groups is 1. The molecule has 1 amide bonds. The van der Waals surface area contributed by atoms with Crippen LogP contribution in [0.5, 0.6) is 0 Å². The van der Waals surface area contributed by atoms with Crippen molar-refractivity contribution in [1.29, 1.82) is 0 Å². The average Bonchev–Trinajstić information content (AvgIpc) is 2.48. The van der Waals surface area contributed by atoms with Gasteiger partial charge in [-0.1, -0.05) is 46.8 Å². The molecule has 0 atom stereocenters. The maximum absolute atomic E-state index is 11.9. The van der Waals surface area contributed by atoms with Crippen LogP contribution in [0.1, 0.15) is 58.9 Å². The summed E-state index contributed by atoms with van der Waals surface area (Å²) in [5, 5.41) is 0.207. The van der Waals surface area contributed by atoms with Crippen LogP contribution in [0, 0.1) is 0 Å². The van der Waals surface area contributed by atoms with Crippen molar-refractivity contribution in [3.8, 4) is 0 Å². The lowest BCUT2D eigenvalue weighted by atomic mass is 10.0. The average molecular weight is 351 g/mol. The Hall–Kier alpha value is -1.33. The van der Waals surface area contributed by atoms with Gasteiger partial charge in [-0.05, 0) is 48.2 Å². The van der Waals surface area contributed by atoms with Gasteiger partial charge in [0.15, 0.2) is 8.32 Å². The first kappa shape index (κ1) is 20.7. The van der Waals surface area contributed by atoms with Crippen molar-refractivity contribution >= 4 is 19.9 Å². The fraction of sp³-hybridized carbons (Fsp3) is 0.632. The number of hydrogen-bond donors (Lipinski definition) is 2. The third-order valence-electron chi connectivity index (χ3n) is 4.74. The van der Waals surface area contributed by atoms with E-state index in [0.717, 1.165) is 12.1 Å². The molecule has 0 saturated heterocycles. The maximum atomic E-state index is 11.9. The van der Waals surface area contributed by atoms with Crippen LogP contribution in [0.2, 0.25) is 18.1 Å². The fourth-order valence-electron chi connectivity index (χ4n) is 1.93. The van der Waals surface area contributed by atoms with Crippen LogP contribution in [0.4, 0.5) is 5.69 Å². The summed E-state index contributed by atoms with van der Waals surface area (Å²) in [5.74, 6) is 0.497. The van der Waals surface area contributed by atoms with Gasteiger partial charge in [-0.15, -0.1) is 0 Å². The van der Waals surface area contributed by atoms with Crippen molar-refractivity contribution in [2.75, 3.05) is 12.0 Å². The van der Waals surface area contributed by atoms with E-state index in [1.807, 2.05) is 12.1 Å². The van der Waals surface area contributed by atoms with E-state index in [1.165, 1.54) is 5.56 Å². The molecule has 0 aliphatic rings. The number of hydrazine groups is 1. The molecule has 1 aromatic rings. The standard InChI is InChI=1S/C19H34N2O2Si/c1-15(2)16-10-12-17(13-11-16)20-21-18(22)9-8-14-23-24(6,7)19(3,4)5/h10-13,15,20H,8-9,14H2,1-7H3,(H,21,22). The molecule has 0 aromatic heterocycles. The van der Waals surface area contributed by atoms with E-state index in [-0.39, 0.29) is 10.9 Å². The molecule has 0 bridgehead atoms. The molecule has 1 rings (SSSR count). The summed E-state index contributed by atoms with van der Waals surface area (Å²) in [6.45, 7) is 16.1. The minimum absolute atomic E-state index is 0.0123. The van der Waals surface area contributed by atoms with Crippen molar-refractivity contribution in [2.24, 2.45) is 0 Å². The summed E-state index contributed by atoms with van der Waals surface area (Å²) >= 11 is 0. The van der Waals surface area contributed by atoms with E-state index in [4.69, 9.17) is 4.43 Å². The summed E-state index contributed by atoms with van der Waals surface area (Å²) in [4.78, 5) is 11.9. The first-order valence-electron chi connectivity index (χ1n) is 8.82. The molecular formula is C19H34N2O2Si. The van der Waals surface area contributed by atoms with Gasteiger partial charge in [0, 0.05) is 13.0 Å². The Morgan fingerprint density at radius 1 is 1.17 bits per heavy atom. The van der Waals surface area contributed by atoms with Crippen molar-refractivity contribution in [3.05, 3.63) is 29.8 Å². The number of nitrogens with one attached hydrogen (secondary N) is 2. The monoisotopic (exact) mass is 350 g/mol. The highest BCUT2D eigenvalue weighted by Crippen LogP contribution is 2.36. The second-order valence-electron chi connectivity index (χ2n) is 8.16. The largest absolute Gasteiger partial charge is 0.417 e. The molecule has 0 heterocycles. The Balaban J connectivity index is 2.27. The van der Waals surface area contributed by atoms with E-state index in [2.05, 4.69) is 70.7 Å². The van der Waals surface area contributed by atoms with Crippen LogP contribution in [0.3, 0.4) is 0 Å². The number of hydrogen-bond acceptors (Lipinski definition) is 3. The predicted octanol–water partition coefficient (Wildman–Crippen LogP) is 5.06. The molecule has 2 N–H and O–H groups in total. The van der Waals surface area contributed by atoms with Gasteiger partial charge in [0.1, 0.15) is 0 Å². The lowest BCUT2D eigenvalue weighted by Gasteiger charge is -2.36. The molecule has 0 unspecified atom stereocenters. The Labute approximate surface area is 148 Å². The molecule has 0 aliphatic heterocycles. The van der Waals surface area contributed by atoms with E-state index in [0.29, 0.717) is 18.9 Å². The molecule has 0 spiro atoms. The summed E-state index contributed by atoms with van der Waals surface area (Å²) in [6, 6.07) is 8.12. The molecule has 0 aliphatic carbocycles. The molecule has 0 radical (unpaired) electrons. The van der Waals surface area contributed by atoms with Crippen LogP contribution in [-0.2, 0) is 9.22 Å². The van der Waals surface area contributed by atoms with Gasteiger partial charge in [-0.3, -0.25) is 15.6 Å². The molecule has 4 nitrogen and oxygen atoms in total. The Bertz CT molecular complexity index is 519. The molecule has 0 fully saturated rings. The SMILES string of the molecule is CC(C)c1ccc(NNC(=O)CCCO[Si](C)(C)C(C)(C)C)cc1. The third-order valence-corrected chi connectivity index (χ3v) is 9.28. The molecule has 136 valence electrons. The van der Waals surface area contributed by atoms with Crippen LogP contribution in [-0.4, -0.2) is 20.8 Å². The van der Waals surface area contributed by atoms with Crippen LogP contribution < -0.4 is 10.9 Å². The van der Waals surface area contributed by atoms with E-state index >= 15 is 0 Å². The number of carbonyl (C=O) groups excluding carboxylic acids is 1. The molecule has 0 saturated carbocycles. The zero-order chi connectivity index (χ0) is 18.4. The van der Waals surface area contributed by atoms with Gasteiger partial charge in [0.05, 0.1) is 5.69 Å². The highest BCUT2D eigenvalue weighted by Gasteiger charge is 2.36. The highest BCUT2D eigenvalue weighted by molar-refractivity contribution is 6.74. The van der Waals surface area contributed by atoms with Crippen molar-refractivity contribution in [1.82, 2.24) is 5.43 Å². The fourth-order valence-corrected chi connectivity index (χ4v) is 3.02. The lowest BCUT2D eigenvalue weighted by molar-refractivity contribution is -0.120. The van der Waals surface area contributed by atoms with Crippen molar-refractivity contribution < 1.29 is 9.22 Å². The van der Waals surface area contributed by atoms with Crippen molar-refractivity contribution in [3.63, 3.8) is 0 Å². The first-order valence-corrected chi connectivity index (χ1v) is 11.7. The maximum Gasteiger partial charge on any atom is 0.238 e. The van der Waals surface area contributed by atoms with Gasteiger partial charge in [0.25, 0.3) is 0 Å². The Morgan fingerprint density at radius 2 is 1.75 bits per heavy atom. The molecule has 1 aromatic carbocycles. The second kappa shape index (κ2) is 8.67. The molecular weight excluding hydrogens is 316 g/mol.